The van der Waals surface area contributed by atoms with E-state index >= 15 is 0 Å². The normalized spacial score (nSPS) is 46.4. The predicted octanol–water partition coefficient (Wildman–Crippen LogP) is -4.95. The van der Waals surface area contributed by atoms with Crippen LogP contribution in [-0.2, 0) is 19.0 Å². The topological polar surface area (TPSA) is 260 Å². The third-order valence-electron chi connectivity index (χ3n) is 8.79. The van der Waals surface area contributed by atoms with Gasteiger partial charge in [-0.2, -0.15) is 0 Å². The van der Waals surface area contributed by atoms with E-state index in [9.17, 15) is 25.2 Å². The summed E-state index contributed by atoms with van der Waals surface area (Å²) in [5.41, 5.74) is 15.7. The number of carbonyl (C=O) groups excluding carboxylic acids is 1. The smallest absolute Gasteiger partial charge is 0.253 e. The van der Waals surface area contributed by atoms with Gasteiger partial charge in [0, 0.05) is 37.1 Å². The highest BCUT2D eigenvalue weighted by molar-refractivity contribution is 5.89. The lowest BCUT2D eigenvalue weighted by Crippen LogP contribution is -2.69. The molecular formula is C26H48N6O9. The molecule has 4 aliphatic rings. The van der Waals surface area contributed by atoms with E-state index in [-0.39, 0.29) is 26.1 Å². The van der Waals surface area contributed by atoms with E-state index in [1.165, 1.54) is 6.92 Å². The molecule has 2 aliphatic carbocycles. The number of nitrogens with two attached hydrogens (primary N) is 3. The molecular weight excluding hydrogens is 540 g/mol. The van der Waals surface area contributed by atoms with Crippen LogP contribution in [0.2, 0.25) is 0 Å². The van der Waals surface area contributed by atoms with Crippen molar-refractivity contribution in [2.75, 3.05) is 33.4 Å². The van der Waals surface area contributed by atoms with Crippen molar-refractivity contribution in [3.05, 3.63) is 11.8 Å². The third-order valence-corrected chi connectivity index (χ3v) is 8.79. The Morgan fingerprint density at radius 2 is 1.90 bits per heavy atom. The van der Waals surface area contributed by atoms with Crippen molar-refractivity contribution in [2.24, 2.45) is 23.1 Å². The predicted molar refractivity (Wildman–Crippen MR) is 146 cm³/mol. The summed E-state index contributed by atoms with van der Waals surface area (Å²) < 4.78 is 18.1. The van der Waals surface area contributed by atoms with Crippen LogP contribution in [0.25, 0.3) is 0 Å². The molecule has 1 amide bonds. The van der Waals surface area contributed by atoms with E-state index in [0.717, 1.165) is 0 Å². The van der Waals surface area contributed by atoms with E-state index in [2.05, 4.69) is 16.0 Å². The number of rotatable bonds is 11. The summed E-state index contributed by atoms with van der Waals surface area (Å²) in [6.07, 6.45) is -2.55. The summed E-state index contributed by atoms with van der Waals surface area (Å²) in [4.78, 5) is 12.9. The molecule has 4 rings (SSSR count). The highest BCUT2D eigenvalue weighted by atomic mass is 16.7. The van der Waals surface area contributed by atoms with E-state index in [0.29, 0.717) is 31.7 Å². The molecule has 3 fully saturated rings. The Morgan fingerprint density at radius 1 is 1.20 bits per heavy atom. The zero-order valence-corrected chi connectivity index (χ0v) is 23.7. The highest BCUT2D eigenvalue weighted by Crippen LogP contribution is 2.38. The Bertz CT molecular complexity index is 943. The molecule has 41 heavy (non-hydrogen) atoms. The lowest BCUT2D eigenvalue weighted by atomic mass is 9.72. The summed E-state index contributed by atoms with van der Waals surface area (Å²) in [6.45, 7) is 2.43. The van der Waals surface area contributed by atoms with Crippen LogP contribution in [0.5, 0.6) is 0 Å². The van der Waals surface area contributed by atoms with Gasteiger partial charge in [0.1, 0.15) is 29.7 Å². The quantitative estimate of drug-likeness (QED) is 0.101. The summed E-state index contributed by atoms with van der Waals surface area (Å²) in [5.74, 6) is -0.788. The van der Waals surface area contributed by atoms with Crippen LogP contribution in [0.3, 0.4) is 0 Å². The standard InChI is InChI=1S/C26H48N6O9/c1-25(37)11-39-23(19(35)22(25)30-2)41-21-15(32-24(36)26(38)9-16(26)29)8-14(28)17(18(21)34)20-13(27)5-4-12(40-20)10-31-6-3-7-33/h4,13-23,30-31,33-35,37-38H,3,5-11,27-29H2,1-2H3,(H,32,36)/t13-,14+,15-,16?,17?,18+,19-,20+,21+,22-,23-,25+,26?/m1/s1. The lowest BCUT2D eigenvalue weighted by molar-refractivity contribution is -0.297. The Morgan fingerprint density at radius 3 is 2.54 bits per heavy atom. The van der Waals surface area contributed by atoms with Crippen LogP contribution in [0.4, 0.5) is 0 Å². The molecule has 15 nitrogen and oxygen atoms in total. The number of ether oxygens (including phenoxy) is 3. The van der Waals surface area contributed by atoms with Crippen LogP contribution in [0.15, 0.2) is 11.8 Å². The number of carbonyl (C=O) groups is 1. The van der Waals surface area contributed by atoms with Gasteiger partial charge >= 0.3 is 0 Å². The fourth-order valence-electron chi connectivity index (χ4n) is 6.21. The van der Waals surface area contributed by atoms with Crippen LogP contribution < -0.4 is 33.2 Å². The Hall–Kier alpha value is -1.47. The highest BCUT2D eigenvalue weighted by Gasteiger charge is 2.59. The van der Waals surface area contributed by atoms with Gasteiger partial charge in [-0.25, -0.2) is 0 Å². The molecule has 0 aromatic carbocycles. The SMILES string of the molecule is CN[C@@H]1[C@@H](O)[C@@H](O[C@H]2[C@H](NC(=O)C3(O)CC3N)C[C@H](N)C([C@H]3OC(CNCCCO)=CC[C@H]3N)[C@@H]2O)OC[C@]1(C)O. The molecule has 236 valence electrons. The van der Waals surface area contributed by atoms with Crippen LogP contribution >= 0.6 is 0 Å². The fraction of sp³-hybridized carbons (Fsp3) is 0.885. The van der Waals surface area contributed by atoms with Gasteiger partial charge in [-0.1, -0.05) is 0 Å². The lowest BCUT2D eigenvalue weighted by Gasteiger charge is -2.50. The van der Waals surface area contributed by atoms with Crippen LogP contribution in [0.1, 0.15) is 32.6 Å². The largest absolute Gasteiger partial charge is 0.492 e. The second-order valence-corrected chi connectivity index (χ2v) is 12.1. The monoisotopic (exact) mass is 588 g/mol. The summed E-state index contributed by atoms with van der Waals surface area (Å²) in [7, 11) is 1.59. The third kappa shape index (κ3) is 6.87. The average Bonchev–Trinajstić information content (AvgIpc) is 3.54. The first kappa shape index (κ1) is 32.4. The average molecular weight is 589 g/mol. The van der Waals surface area contributed by atoms with E-state index in [1.807, 2.05) is 6.08 Å². The van der Waals surface area contributed by atoms with Gasteiger partial charge in [-0.15, -0.1) is 0 Å². The molecule has 1 saturated heterocycles. The second-order valence-electron chi connectivity index (χ2n) is 12.1. The number of hydrogen-bond donors (Lipinski definition) is 11. The molecule has 13 atom stereocenters. The van der Waals surface area contributed by atoms with E-state index in [1.54, 1.807) is 7.05 Å². The Kier molecular flexibility index (Phi) is 10.3. The number of aliphatic hydroxyl groups is 5. The maximum atomic E-state index is 12.9. The summed E-state index contributed by atoms with van der Waals surface area (Å²) >= 11 is 0. The van der Waals surface area contributed by atoms with Crippen molar-refractivity contribution >= 4 is 5.91 Å². The Balaban J connectivity index is 1.54. The minimum Gasteiger partial charge on any atom is -0.492 e. The van der Waals surface area contributed by atoms with Crippen molar-refractivity contribution in [3.8, 4) is 0 Å². The summed E-state index contributed by atoms with van der Waals surface area (Å²) in [5, 5.41) is 61.7. The minimum absolute atomic E-state index is 0.0674. The number of nitrogens with one attached hydrogen (secondary N) is 3. The van der Waals surface area contributed by atoms with Crippen LogP contribution in [-0.4, -0.2) is 137 Å². The fourth-order valence-corrected chi connectivity index (χ4v) is 6.21. The molecule has 15 heteroatoms. The van der Waals surface area contributed by atoms with Gasteiger partial charge in [-0.05, 0) is 45.9 Å². The van der Waals surface area contributed by atoms with Gasteiger partial charge in [0.15, 0.2) is 11.9 Å². The molecule has 0 bridgehead atoms. The van der Waals surface area contributed by atoms with Gasteiger partial charge in [0.25, 0.3) is 5.91 Å². The van der Waals surface area contributed by atoms with Crippen molar-refractivity contribution < 1.29 is 44.5 Å². The molecule has 2 heterocycles. The Labute approximate surface area is 239 Å². The first-order valence-corrected chi connectivity index (χ1v) is 14.3. The van der Waals surface area contributed by atoms with Crippen molar-refractivity contribution in [2.45, 2.75) is 105 Å². The van der Waals surface area contributed by atoms with Gasteiger partial charge in [0.2, 0.25) is 0 Å². The maximum Gasteiger partial charge on any atom is 0.253 e. The van der Waals surface area contributed by atoms with Crippen molar-refractivity contribution in [1.29, 1.82) is 0 Å². The first-order chi connectivity index (χ1) is 19.3. The summed E-state index contributed by atoms with van der Waals surface area (Å²) in [6, 6.07) is -3.55. The molecule has 0 aromatic rings. The zero-order chi connectivity index (χ0) is 30.1. The number of likely N-dealkylation sites (N-methyl/N-ethyl adjacent to an activating group) is 1. The minimum atomic E-state index is -1.72. The van der Waals surface area contributed by atoms with Gasteiger partial charge in [-0.3, -0.25) is 4.79 Å². The number of amides is 1. The molecule has 2 aliphatic heterocycles. The van der Waals surface area contributed by atoms with Crippen molar-refractivity contribution in [3.63, 3.8) is 0 Å². The molecule has 2 saturated carbocycles. The second kappa shape index (κ2) is 13.0. The molecule has 14 N–H and O–H groups in total. The van der Waals surface area contributed by atoms with Crippen LogP contribution in [0, 0.1) is 5.92 Å². The molecule has 3 unspecified atom stereocenters. The maximum absolute atomic E-state index is 12.9. The number of aliphatic hydroxyl groups excluding tert-OH is 3. The van der Waals surface area contributed by atoms with Crippen molar-refractivity contribution in [1.82, 2.24) is 16.0 Å². The molecule has 0 radical (unpaired) electrons. The first-order valence-electron chi connectivity index (χ1n) is 14.3. The number of hydrogen-bond acceptors (Lipinski definition) is 14. The molecule has 0 spiro atoms. The van der Waals surface area contributed by atoms with E-state index < -0.39 is 83.9 Å². The van der Waals surface area contributed by atoms with Gasteiger partial charge < -0.3 is 72.9 Å². The molecule has 0 aromatic heterocycles. The van der Waals surface area contributed by atoms with E-state index in [4.69, 9.17) is 36.5 Å². The van der Waals surface area contributed by atoms with Gasteiger partial charge in [0.05, 0.1) is 31.3 Å². The zero-order valence-electron chi connectivity index (χ0n) is 23.7.